The van der Waals surface area contributed by atoms with Gasteiger partial charge in [-0.2, -0.15) is 0 Å². The van der Waals surface area contributed by atoms with Crippen molar-refractivity contribution < 1.29 is 34.3 Å². The maximum Gasteiger partial charge on any atom is 0.475 e. The molecule has 0 spiro atoms. The van der Waals surface area contributed by atoms with Gasteiger partial charge >= 0.3 is 7.12 Å². The Balaban J connectivity index is 2.00. The van der Waals surface area contributed by atoms with Gasteiger partial charge < -0.3 is 26.0 Å². The highest BCUT2D eigenvalue weighted by molar-refractivity contribution is 6.43. The van der Waals surface area contributed by atoms with Gasteiger partial charge in [-0.1, -0.05) is 31.4 Å². The number of rotatable bonds is 14. The zero-order chi connectivity index (χ0) is 28.4. The molecule has 1 aliphatic rings. The van der Waals surface area contributed by atoms with E-state index in [1.807, 2.05) is 13.8 Å². The molecule has 16 heteroatoms. The van der Waals surface area contributed by atoms with Crippen LogP contribution in [-0.4, -0.2) is 81.8 Å². The number of benzene rings is 1. The first kappa shape index (κ1) is 30.2. The summed E-state index contributed by atoms with van der Waals surface area (Å²) in [5.74, 6) is -3.86. The van der Waals surface area contributed by atoms with Gasteiger partial charge in [0.1, 0.15) is 6.04 Å². The zero-order valence-electron chi connectivity index (χ0n) is 21.1. The Morgan fingerprint density at radius 3 is 2.26 bits per heavy atom. The van der Waals surface area contributed by atoms with Crippen molar-refractivity contribution in [2.45, 2.75) is 51.5 Å². The summed E-state index contributed by atoms with van der Waals surface area (Å²) >= 11 is 0. The predicted octanol–water partition coefficient (Wildman–Crippen LogP) is -1.21. The molecule has 0 fully saturated rings. The number of hydrazine groups is 1. The summed E-state index contributed by atoms with van der Waals surface area (Å²) in [7, 11) is -1.83. The monoisotopic (exact) mass is 533 g/mol. The Kier molecular flexibility index (Phi) is 11.2. The minimum absolute atomic E-state index is 0.0270. The molecule has 1 aromatic rings. The van der Waals surface area contributed by atoms with Crippen molar-refractivity contribution in [1.29, 1.82) is 5.41 Å². The second-order valence-electron chi connectivity index (χ2n) is 9.15. The van der Waals surface area contributed by atoms with Gasteiger partial charge in [-0.3, -0.25) is 29.5 Å². The van der Waals surface area contributed by atoms with E-state index in [2.05, 4.69) is 16.0 Å². The number of guanidine groups is 1. The third-order valence-corrected chi connectivity index (χ3v) is 5.68. The second-order valence-corrected chi connectivity index (χ2v) is 9.15. The van der Waals surface area contributed by atoms with Crippen LogP contribution in [0.3, 0.4) is 0 Å². The van der Waals surface area contributed by atoms with E-state index in [-0.39, 0.29) is 55.8 Å². The fraction of sp³-hybridized carbons (Fsp3) is 0.500. The molecule has 0 saturated heterocycles. The predicted molar refractivity (Wildman–Crippen MR) is 135 cm³/mol. The zero-order valence-corrected chi connectivity index (χ0v) is 21.1. The molecule has 0 aliphatic carbocycles. The van der Waals surface area contributed by atoms with E-state index < -0.39 is 53.7 Å². The first-order valence-electron chi connectivity index (χ1n) is 12.0. The summed E-state index contributed by atoms with van der Waals surface area (Å²) in [5, 5.41) is 43.7. The smallest absolute Gasteiger partial charge is 0.426 e. The van der Waals surface area contributed by atoms with E-state index in [0.717, 1.165) is 4.90 Å². The summed E-state index contributed by atoms with van der Waals surface area (Å²) in [6.45, 7) is 3.52. The Morgan fingerprint density at radius 1 is 1.13 bits per heavy atom. The van der Waals surface area contributed by atoms with Crippen LogP contribution in [-0.2, 0) is 9.59 Å². The lowest BCUT2D eigenvalue weighted by Crippen LogP contribution is -2.54. The minimum Gasteiger partial charge on any atom is -0.426 e. The highest BCUT2D eigenvalue weighted by Gasteiger charge is 2.35. The second kappa shape index (κ2) is 14.0. The fourth-order valence-corrected chi connectivity index (χ4v) is 3.89. The van der Waals surface area contributed by atoms with Gasteiger partial charge in [0.15, 0.2) is 5.03 Å². The Bertz CT molecular complexity index is 1030. The van der Waals surface area contributed by atoms with E-state index >= 15 is 0 Å². The van der Waals surface area contributed by atoms with Gasteiger partial charge in [0.05, 0.1) is 17.1 Å². The van der Waals surface area contributed by atoms with Crippen LogP contribution < -0.4 is 21.4 Å². The molecular formula is C22H32BN7O8. The Hall–Kier alpha value is -4.05. The molecule has 0 saturated carbocycles. The van der Waals surface area contributed by atoms with Gasteiger partial charge in [-0.25, -0.2) is 10.1 Å². The molecule has 2 atom stereocenters. The van der Waals surface area contributed by atoms with Gasteiger partial charge in [0, 0.05) is 19.5 Å². The minimum atomic E-state index is -1.83. The van der Waals surface area contributed by atoms with Crippen LogP contribution in [0.2, 0.25) is 0 Å². The number of amides is 4. The van der Waals surface area contributed by atoms with E-state index in [4.69, 9.17) is 5.41 Å². The first-order valence-corrected chi connectivity index (χ1v) is 12.0. The standard InChI is InChI=1S/C22H32BN7O8/c1-13(2)12-17(23(35)36)27-19(32)16(8-5-10-25-22(24)28-30(37)38)26-18(31)9-11-29-20(33)14-6-3-4-7-15(14)21(29)34/h3-4,6-7,13,16-17,35-36H,5,8-12H2,1-2H3,(H,26,31)(H,27,32)(H3,24,25,28)/t16-,17-/m0/s1. The average molecular weight is 533 g/mol. The van der Waals surface area contributed by atoms with Crippen LogP contribution in [0.15, 0.2) is 24.3 Å². The molecule has 15 nitrogen and oxygen atoms in total. The molecule has 1 aliphatic heterocycles. The average Bonchev–Trinajstić information content (AvgIpc) is 3.08. The van der Waals surface area contributed by atoms with Crippen molar-refractivity contribution in [2.75, 3.05) is 13.1 Å². The Morgan fingerprint density at radius 2 is 1.74 bits per heavy atom. The molecule has 0 aromatic heterocycles. The number of nitrogens with zero attached hydrogens (tertiary/aromatic N) is 2. The molecule has 0 unspecified atom stereocenters. The molecule has 0 radical (unpaired) electrons. The maximum atomic E-state index is 12.9. The van der Waals surface area contributed by atoms with Crippen LogP contribution in [0.5, 0.6) is 0 Å². The highest BCUT2D eigenvalue weighted by atomic mass is 16.7. The summed E-state index contributed by atoms with van der Waals surface area (Å²) in [6.07, 6.45) is 0.229. The van der Waals surface area contributed by atoms with Crippen molar-refractivity contribution >= 4 is 36.7 Å². The lowest BCUT2D eigenvalue weighted by atomic mass is 9.75. The number of imide groups is 1. The summed E-state index contributed by atoms with van der Waals surface area (Å²) in [4.78, 5) is 62.0. The van der Waals surface area contributed by atoms with Crippen LogP contribution in [0.4, 0.5) is 0 Å². The maximum absolute atomic E-state index is 12.9. The van der Waals surface area contributed by atoms with Gasteiger partial charge in [0.25, 0.3) is 17.8 Å². The largest absolute Gasteiger partial charge is 0.475 e. The SMILES string of the molecule is CC(C)C[C@H](NC(=O)[C@H](CCCNC(=N)N[N+](=O)[O-])NC(=O)CCN1C(=O)c2ccccc2C1=O)B(O)O. The fourth-order valence-electron chi connectivity index (χ4n) is 3.89. The number of nitrogens with one attached hydrogen (secondary N) is 5. The number of fused-ring (bicyclic) bond motifs is 1. The molecule has 4 amide bonds. The topological polar surface area (TPSA) is 227 Å². The Labute approximate surface area is 219 Å². The quantitative estimate of drug-likeness (QED) is 0.0287. The molecule has 2 rings (SSSR count). The van der Waals surface area contributed by atoms with E-state index in [1.54, 1.807) is 17.6 Å². The van der Waals surface area contributed by atoms with Crippen molar-refractivity contribution in [2.24, 2.45) is 5.92 Å². The van der Waals surface area contributed by atoms with Crippen LogP contribution in [0.1, 0.15) is 60.2 Å². The van der Waals surface area contributed by atoms with Gasteiger partial charge in [-0.05, 0) is 37.3 Å². The van der Waals surface area contributed by atoms with Gasteiger partial charge in [0.2, 0.25) is 11.8 Å². The third-order valence-electron chi connectivity index (χ3n) is 5.68. The molecule has 1 aromatic carbocycles. The normalized spacial score (nSPS) is 14.0. The van der Waals surface area contributed by atoms with Crippen molar-refractivity contribution in [3.8, 4) is 0 Å². The van der Waals surface area contributed by atoms with Crippen LogP contribution >= 0.6 is 0 Å². The number of nitro groups is 1. The van der Waals surface area contributed by atoms with E-state index in [9.17, 15) is 39.3 Å². The van der Waals surface area contributed by atoms with Crippen LogP contribution in [0, 0.1) is 21.4 Å². The molecule has 38 heavy (non-hydrogen) atoms. The molecule has 206 valence electrons. The lowest BCUT2D eigenvalue weighted by molar-refractivity contribution is -0.525. The van der Waals surface area contributed by atoms with E-state index in [1.165, 1.54) is 12.1 Å². The van der Waals surface area contributed by atoms with Crippen LogP contribution in [0.25, 0.3) is 0 Å². The molecular weight excluding hydrogens is 501 g/mol. The number of carbonyl (C=O) groups excluding carboxylic acids is 4. The van der Waals surface area contributed by atoms with Crippen molar-refractivity contribution in [3.63, 3.8) is 0 Å². The summed E-state index contributed by atoms with van der Waals surface area (Å²) in [6, 6.07) is 5.17. The van der Waals surface area contributed by atoms with Crippen molar-refractivity contribution in [3.05, 3.63) is 45.5 Å². The number of hydrogen-bond donors (Lipinski definition) is 7. The summed E-state index contributed by atoms with van der Waals surface area (Å²) < 4.78 is 0. The molecule has 0 bridgehead atoms. The lowest BCUT2D eigenvalue weighted by Gasteiger charge is -2.24. The van der Waals surface area contributed by atoms with Gasteiger partial charge in [-0.15, -0.1) is 0 Å². The first-order chi connectivity index (χ1) is 17.9. The number of hydrogen-bond acceptors (Lipinski definition) is 9. The number of carbonyl (C=O) groups is 4. The molecule has 1 heterocycles. The van der Waals surface area contributed by atoms with E-state index in [0.29, 0.717) is 0 Å². The summed E-state index contributed by atoms with van der Waals surface area (Å²) in [5.41, 5.74) is 2.13. The third kappa shape index (κ3) is 8.81. The van der Waals surface area contributed by atoms with Crippen molar-refractivity contribution in [1.82, 2.24) is 26.3 Å². The molecule has 7 N–H and O–H groups in total. The highest BCUT2D eigenvalue weighted by Crippen LogP contribution is 2.22.